The maximum atomic E-state index is 3.70. The van der Waals surface area contributed by atoms with Crippen molar-refractivity contribution in [1.82, 2.24) is 9.88 Å². The molecule has 96 valence electrons. The monoisotopic (exact) mass is 234 g/mol. The largest absolute Gasteiger partial charge is 0.350 e. The number of nitrogens with zero attached hydrogens (tertiary/aromatic N) is 1. The van der Waals surface area contributed by atoms with Crippen molar-refractivity contribution in [2.45, 2.75) is 65.1 Å². The summed E-state index contributed by atoms with van der Waals surface area (Å²) in [5.74, 6) is 0.907. The van der Waals surface area contributed by atoms with Gasteiger partial charge in [-0.1, -0.05) is 19.8 Å². The molecule has 0 amide bonds. The van der Waals surface area contributed by atoms with E-state index in [-0.39, 0.29) is 0 Å². The molecule has 0 bridgehead atoms. The van der Waals surface area contributed by atoms with Gasteiger partial charge >= 0.3 is 0 Å². The fraction of sp³-hybridized carbons (Fsp3) is 0.733. The van der Waals surface area contributed by atoms with Crippen LogP contribution in [0.15, 0.2) is 18.3 Å². The number of hydrogen-bond donors (Lipinski definition) is 1. The van der Waals surface area contributed by atoms with E-state index in [1.165, 1.54) is 37.8 Å². The Kier molecular flexibility index (Phi) is 4.66. The molecule has 0 aromatic carbocycles. The number of hydrogen-bond acceptors (Lipinski definition) is 1. The van der Waals surface area contributed by atoms with Gasteiger partial charge in [-0.3, -0.25) is 0 Å². The molecule has 1 heterocycles. The van der Waals surface area contributed by atoms with Gasteiger partial charge in [0.05, 0.1) is 0 Å². The van der Waals surface area contributed by atoms with Crippen molar-refractivity contribution in [2.24, 2.45) is 5.92 Å². The predicted molar refractivity (Wildman–Crippen MR) is 73.0 cm³/mol. The van der Waals surface area contributed by atoms with Crippen LogP contribution >= 0.6 is 0 Å². The summed E-state index contributed by atoms with van der Waals surface area (Å²) in [6.07, 6.45) is 9.11. The predicted octanol–water partition coefficient (Wildman–Crippen LogP) is 3.57. The molecule has 1 aromatic heterocycles. The van der Waals surface area contributed by atoms with Crippen LogP contribution in [-0.2, 0) is 13.1 Å². The van der Waals surface area contributed by atoms with E-state index >= 15 is 0 Å². The summed E-state index contributed by atoms with van der Waals surface area (Å²) in [7, 11) is 0. The third kappa shape index (κ3) is 3.35. The van der Waals surface area contributed by atoms with Crippen LogP contribution in [0.4, 0.5) is 0 Å². The highest BCUT2D eigenvalue weighted by molar-refractivity contribution is 5.07. The van der Waals surface area contributed by atoms with E-state index in [0.29, 0.717) is 6.04 Å². The Hall–Kier alpha value is -0.760. The lowest BCUT2D eigenvalue weighted by molar-refractivity contribution is 0.376. The van der Waals surface area contributed by atoms with Crippen LogP contribution in [0.25, 0.3) is 0 Å². The second kappa shape index (κ2) is 6.25. The highest BCUT2D eigenvalue weighted by Gasteiger charge is 2.20. The Bertz CT molecular complexity index is 323. The van der Waals surface area contributed by atoms with Gasteiger partial charge in [0.25, 0.3) is 0 Å². The van der Waals surface area contributed by atoms with Crippen molar-refractivity contribution < 1.29 is 0 Å². The number of aryl methyl sites for hydroxylation is 1. The molecule has 1 atom stereocenters. The Morgan fingerprint density at radius 2 is 2.18 bits per heavy atom. The van der Waals surface area contributed by atoms with Crippen LogP contribution in [0.1, 0.15) is 51.6 Å². The number of aromatic nitrogens is 1. The first-order chi connectivity index (χ1) is 8.31. The fourth-order valence-electron chi connectivity index (χ4n) is 2.96. The number of nitrogens with one attached hydrogen (secondary N) is 1. The van der Waals surface area contributed by atoms with Crippen LogP contribution in [0.5, 0.6) is 0 Å². The third-order valence-corrected chi connectivity index (χ3v) is 4.10. The molecule has 0 spiro atoms. The van der Waals surface area contributed by atoms with Gasteiger partial charge in [0.2, 0.25) is 0 Å². The minimum Gasteiger partial charge on any atom is -0.350 e. The van der Waals surface area contributed by atoms with E-state index in [1.807, 2.05) is 0 Å². The van der Waals surface area contributed by atoms with Gasteiger partial charge in [-0.15, -0.1) is 0 Å². The van der Waals surface area contributed by atoms with Gasteiger partial charge in [-0.05, 0) is 44.2 Å². The quantitative estimate of drug-likeness (QED) is 0.796. The second-order valence-electron chi connectivity index (χ2n) is 5.41. The zero-order chi connectivity index (χ0) is 12.1. The molecule has 2 rings (SSSR count). The lowest BCUT2D eigenvalue weighted by Gasteiger charge is -2.21. The molecule has 1 saturated carbocycles. The molecule has 1 N–H and O–H groups in total. The highest BCUT2D eigenvalue weighted by atomic mass is 15.0. The average Bonchev–Trinajstić information content (AvgIpc) is 2.97. The van der Waals surface area contributed by atoms with Gasteiger partial charge in [-0.2, -0.15) is 0 Å². The molecule has 1 aliphatic rings. The van der Waals surface area contributed by atoms with Gasteiger partial charge in [0, 0.05) is 31.0 Å². The second-order valence-corrected chi connectivity index (χ2v) is 5.41. The summed E-state index contributed by atoms with van der Waals surface area (Å²) in [4.78, 5) is 0. The van der Waals surface area contributed by atoms with Crippen molar-refractivity contribution in [1.29, 1.82) is 0 Å². The van der Waals surface area contributed by atoms with Crippen molar-refractivity contribution in [3.05, 3.63) is 24.0 Å². The molecule has 2 heteroatoms. The minimum absolute atomic E-state index is 0.669. The minimum atomic E-state index is 0.669. The Balaban J connectivity index is 1.81. The molecule has 1 fully saturated rings. The molecule has 1 aliphatic carbocycles. The SMILES string of the molecule is CCCn1cccc1CNC(C)C1CCCC1. The van der Waals surface area contributed by atoms with Crippen LogP contribution in [0, 0.1) is 5.92 Å². The Morgan fingerprint density at radius 1 is 1.41 bits per heavy atom. The lowest BCUT2D eigenvalue weighted by Crippen LogP contribution is -2.32. The zero-order valence-electron chi connectivity index (χ0n) is 11.3. The summed E-state index contributed by atoms with van der Waals surface area (Å²) < 4.78 is 2.37. The first-order valence-electron chi connectivity index (χ1n) is 7.18. The Morgan fingerprint density at radius 3 is 2.88 bits per heavy atom. The van der Waals surface area contributed by atoms with Crippen LogP contribution < -0.4 is 5.32 Å². The summed E-state index contributed by atoms with van der Waals surface area (Å²) >= 11 is 0. The Labute approximate surface area is 105 Å². The molecular formula is C15H26N2. The van der Waals surface area contributed by atoms with Crippen molar-refractivity contribution in [3.8, 4) is 0 Å². The third-order valence-electron chi connectivity index (χ3n) is 4.10. The van der Waals surface area contributed by atoms with Crippen LogP contribution in [0.3, 0.4) is 0 Å². The topological polar surface area (TPSA) is 17.0 Å². The molecular weight excluding hydrogens is 208 g/mol. The van der Waals surface area contributed by atoms with Crippen molar-refractivity contribution in [2.75, 3.05) is 0 Å². The first kappa shape index (κ1) is 12.7. The molecule has 1 aromatic rings. The van der Waals surface area contributed by atoms with E-state index in [0.717, 1.165) is 19.0 Å². The molecule has 1 unspecified atom stereocenters. The average molecular weight is 234 g/mol. The zero-order valence-corrected chi connectivity index (χ0v) is 11.3. The van der Waals surface area contributed by atoms with E-state index in [2.05, 4.69) is 42.1 Å². The van der Waals surface area contributed by atoms with E-state index in [4.69, 9.17) is 0 Å². The fourth-order valence-corrected chi connectivity index (χ4v) is 2.96. The maximum absolute atomic E-state index is 3.70. The molecule has 2 nitrogen and oxygen atoms in total. The number of rotatable bonds is 6. The highest BCUT2D eigenvalue weighted by Crippen LogP contribution is 2.27. The van der Waals surface area contributed by atoms with E-state index < -0.39 is 0 Å². The summed E-state index contributed by atoms with van der Waals surface area (Å²) in [5, 5.41) is 3.70. The summed E-state index contributed by atoms with van der Waals surface area (Å²) in [6, 6.07) is 5.07. The van der Waals surface area contributed by atoms with Gasteiger partial charge in [0.1, 0.15) is 0 Å². The first-order valence-corrected chi connectivity index (χ1v) is 7.18. The standard InChI is InChI=1S/C15H26N2/c1-3-10-17-11-6-9-15(17)12-16-13(2)14-7-4-5-8-14/h6,9,11,13-14,16H,3-5,7-8,10,12H2,1-2H3. The van der Waals surface area contributed by atoms with Crippen molar-refractivity contribution >= 4 is 0 Å². The molecule has 17 heavy (non-hydrogen) atoms. The maximum Gasteiger partial charge on any atom is 0.0361 e. The molecule has 0 saturated heterocycles. The van der Waals surface area contributed by atoms with Crippen molar-refractivity contribution in [3.63, 3.8) is 0 Å². The van der Waals surface area contributed by atoms with Crippen LogP contribution in [-0.4, -0.2) is 10.6 Å². The van der Waals surface area contributed by atoms with E-state index in [1.54, 1.807) is 0 Å². The smallest absolute Gasteiger partial charge is 0.0361 e. The van der Waals surface area contributed by atoms with E-state index in [9.17, 15) is 0 Å². The van der Waals surface area contributed by atoms with Gasteiger partial charge in [-0.25, -0.2) is 0 Å². The summed E-state index contributed by atoms with van der Waals surface area (Å²) in [6.45, 7) is 6.74. The molecule has 0 aliphatic heterocycles. The molecule has 0 radical (unpaired) electrons. The van der Waals surface area contributed by atoms with Gasteiger partial charge < -0.3 is 9.88 Å². The van der Waals surface area contributed by atoms with Crippen LogP contribution in [0.2, 0.25) is 0 Å². The lowest BCUT2D eigenvalue weighted by atomic mass is 10.00. The summed E-state index contributed by atoms with van der Waals surface area (Å²) in [5.41, 5.74) is 1.43. The normalized spacial score (nSPS) is 18.7. The van der Waals surface area contributed by atoms with Gasteiger partial charge in [0.15, 0.2) is 0 Å².